The number of aromatic nitrogens is 3. The molecular weight excluding hydrogens is 320 g/mol. The molecule has 3 rings (SSSR count). The summed E-state index contributed by atoms with van der Waals surface area (Å²) in [6, 6.07) is 7.40. The van der Waals surface area contributed by atoms with E-state index in [1.165, 1.54) is 12.8 Å². The summed E-state index contributed by atoms with van der Waals surface area (Å²) < 4.78 is 14.1. The van der Waals surface area contributed by atoms with E-state index in [0.29, 0.717) is 21.8 Å². The fourth-order valence-corrected chi connectivity index (χ4v) is 3.82. The first kappa shape index (κ1) is 15.8. The van der Waals surface area contributed by atoms with Crippen molar-refractivity contribution >= 4 is 22.8 Å². The van der Waals surface area contributed by atoms with Gasteiger partial charge in [-0.2, -0.15) is 4.98 Å². The molecule has 1 aliphatic rings. The average molecular weight is 339 g/mol. The van der Waals surface area contributed by atoms with E-state index in [9.17, 15) is 4.55 Å². The van der Waals surface area contributed by atoms with Crippen LogP contribution in [-0.2, 0) is 11.2 Å². The Bertz CT molecular complexity index is 642. The van der Waals surface area contributed by atoms with Crippen molar-refractivity contribution in [2.24, 2.45) is 0 Å². The number of likely N-dealkylation sites (tertiary alicyclic amines) is 1. The third kappa shape index (κ3) is 3.63. The summed E-state index contributed by atoms with van der Waals surface area (Å²) in [4.78, 5) is 6.70. The molecule has 1 fully saturated rings. The molecule has 1 aliphatic heterocycles. The molecule has 0 N–H and O–H groups in total. The van der Waals surface area contributed by atoms with E-state index in [4.69, 9.17) is 11.6 Å². The predicted molar refractivity (Wildman–Crippen MR) is 88.1 cm³/mol. The van der Waals surface area contributed by atoms with Crippen LogP contribution in [0.2, 0.25) is 5.02 Å². The van der Waals surface area contributed by atoms with Gasteiger partial charge in [-0.3, -0.25) is 4.90 Å². The van der Waals surface area contributed by atoms with Crippen LogP contribution in [0.3, 0.4) is 0 Å². The summed E-state index contributed by atoms with van der Waals surface area (Å²) >= 11 is 4.85. The minimum absolute atomic E-state index is 0.400. The Labute approximate surface area is 138 Å². The Morgan fingerprint density at radius 3 is 2.82 bits per heavy atom. The molecule has 1 aromatic heterocycles. The van der Waals surface area contributed by atoms with Gasteiger partial charge in [0.25, 0.3) is 0 Å². The Hall–Kier alpha value is -1.08. The monoisotopic (exact) mass is 338 g/mol. The topological polar surface area (TPSA) is 57.0 Å². The molecule has 0 spiro atoms. The zero-order valence-electron chi connectivity index (χ0n) is 12.5. The number of hydrogen-bond acceptors (Lipinski definition) is 4. The third-order valence-corrected chi connectivity index (χ3v) is 5.17. The minimum atomic E-state index is -1.17. The summed E-state index contributed by atoms with van der Waals surface area (Å²) in [5.74, 6) is 1.30. The van der Waals surface area contributed by atoms with Crippen LogP contribution in [0.1, 0.15) is 18.7 Å². The van der Waals surface area contributed by atoms with Crippen LogP contribution in [0.5, 0.6) is 0 Å². The maximum absolute atomic E-state index is 12.4. The van der Waals surface area contributed by atoms with E-state index >= 15 is 0 Å². The second-order valence-corrected chi connectivity index (χ2v) is 7.33. The molecule has 7 heteroatoms. The first-order valence-electron chi connectivity index (χ1n) is 7.44. The van der Waals surface area contributed by atoms with Gasteiger partial charge in [-0.25, -0.2) is 4.68 Å². The number of rotatable bonds is 5. The molecule has 0 aliphatic carbocycles. The zero-order chi connectivity index (χ0) is 15.5. The van der Waals surface area contributed by atoms with Crippen molar-refractivity contribution in [2.45, 2.75) is 24.9 Å². The van der Waals surface area contributed by atoms with Crippen molar-refractivity contribution in [1.29, 1.82) is 0 Å². The summed E-state index contributed by atoms with van der Waals surface area (Å²) in [5, 5.41) is 5.44. The highest BCUT2D eigenvalue weighted by molar-refractivity contribution is 7.91. The molecule has 1 unspecified atom stereocenters. The van der Waals surface area contributed by atoms with Crippen LogP contribution in [-0.4, -0.2) is 49.6 Å². The molecule has 1 saturated heterocycles. The lowest BCUT2D eigenvalue weighted by atomic mass is 10.3. The quantitative estimate of drug-likeness (QED) is 0.786. The summed E-state index contributed by atoms with van der Waals surface area (Å²) in [7, 11) is 0. The summed E-state index contributed by atoms with van der Waals surface area (Å²) in [6.07, 6.45) is 2.49. The highest BCUT2D eigenvalue weighted by atomic mass is 35.5. The predicted octanol–water partition coefficient (Wildman–Crippen LogP) is 2.43. The fourth-order valence-electron chi connectivity index (χ4n) is 2.62. The molecule has 118 valence electrons. The largest absolute Gasteiger partial charge is 0.609 e. The maximum Gasteiger partial charge on any atom is 0.361 e. The second-order valence-electron chi connectivity index (χ2n) is 5.43. The highest BCUT2D eigenvalue weighted by Crippen LogP contribution is 2.17. The Kier molecular flexibility index (Phi) is 5.03. The van der Waals surface area contributed by atoms with Crippen LogP contribution in [0.25, 0.3) is 5.69 Å². The number of benzene rings is 1. The van der Waals surface area contributed by atoms with Gasteiger partial charge in [0.2, 0.25) is 0 Å². The lowest BCUT2D eigenvalue weighted by molar-refractivity contribution is 0.359. The van der Waals surface area contributed by atoms with Gasteiger partial charge >= 0.3 is 5.16 Å². The van der Waals surface area contributed by atoms with Gasteiger partial charge in [0, 0.05) is 22.7 Å². The van der Waals surface area contributed by atoms with Crippen molar-refractivity contribution in [1.82, 2.24) is 19.7 Å². The fraction of sp³-hybridized carbons (Fsp3) is 0.467. The highest BCUT2D eigenvalue weighted by Gasteiger charge is 2.22. The number of hydrogen-bond donors (Lipinski definition) is 0. The van der Waals surface area contributed by atoms with E-state index in [-0.39, 0.29) is 0 Å². The molecule has 1 atom stereocenters. The molecule has 2 aromatic rings. The number of aryl methyl sites for hydroxylation is 1. The van der Waals surface area contributed by atoms with E-state index in [2.05, 4.69) is 15.0 Å². The average Bonchev–Trinajstić information content (AvgIpc) is 3.14. The molecule has 5 nitrogen and oxygen atoms in total. The lowest BCUT2D eigenvalue weighted by Gasteiger charge is -2.14. The van der Waals surface area contributed by atoms with Gasteiger partial charge in [0.15, 0.2) is 0 Å². The molecular formula is C15H19ClN4OS. The van der Waals surface area contributed by atoms with E-state index in [0.717, 1.165) is 25.3 Å². The van der Waals surface area contributed by atoms with E-state index < -0.39 is 11.2 Å². The third-order valence-electron chi connectivity index (χ3n) is 3.80. The molecule has 0 bridgehead atoms. The van der Waals surface area contributed by atoms with Crippen molar-refractivity contribution < 1.29 is 4.55 Å². The zero-order valence-corrected chi connectivity index (χ0v) is 14.1. The molecule has 1 aromatic carbocycles. The van der Waals surface area contributed by atoms with Gasteiger partial charge < -0.3 is 4.55 Å². The van der Waals surface area contributed by atoms with Gasteiger partial charge in [-0.1, -0.05) is 22.8 Å². The molecule has 0 saturated carbocycles. The smallest absolute Gasteiger partial charge is 0.361 e. The maximum atomic E-state index is 12.4. The van der Waals surface area contributed by atoms with Gasteiger partial charge in [-0.05, 0) is 51.1 Å². The van der Waals surface area contributed by atoms with E-state index in [1.54, 1.807) is 4.68 Å². The normalized spacial score (nSPS) is 17.0. The number of halogens is 1. The lowest BCUT2D eigenvalue weighted by Crippen LogP contribution is -2.27. The van der Waals surface area contributed by atoms with Crippen LogP contribution in [0.4, 0.5) is 0 Å². The minimum Gasteiger partial charge on any atom is -0.609 e. The van der Waals surface area contributed by atoms with Crippen molar-refractivity contribution in [3.8, 4) is 5.69 Å². The summed E-state index contributed by atoms with van der Waals surface area (Å²) in [6.45, 7) is 4.92. The summed E-state index contributed by atoms with van der Waals surface area (Å²) in [5.41, 5.74) is 0.834. The standard InChI is InChI=1S/C15H19ClN4OS/c1-12-17-15(22(21)10-9-19-7-2-3-8-19)18-20(12)14-6-4-5-13(16)11-14/h4-6,11H,2-3,7-10H2,1H3. The van der Waals surface area contributed by atoms with Crippen LogP contribution >= 0.6 is 11.6 Å². The van der Waals surface area contributed by atoms with Crippen LogP contribution in [0.15, 0.2) is 29.4 Å². The molecule has 22 heavy (non-hydrogen) atoms. The Morgan fingerprint density at radius 2 is 2.09 bits per heavy atom. The van der Waals surface area contributed by atoms with Crippen molar-refractivity contribution in [3.63, 3.8) is 0 Å². The Balaban J connectivity index is 1.70. The van der Waals surface area contributed by atoms with Gasteiger partial charge in [0.05, 0.1) is 5.69 Å². The second kappa shape index (κ2) is 7.00. The first-order valence-corrected chi connectivity index (χ1v) is 9.13. The van der Waals surface area contributed by atoms with Crippen molar-refractivity contribution in [2.75, 3.05) is 25.4 Å². The van der Waals surface area contributed by atoms with Crippen LogP contribution < -0.4 is 0 Å². The Morgan fingerprint density at radius 1 is 1.32 bits per heavy atom. The SMILES string of the molecule is Cc1nc([S+]([O-])CCN2CCCC2)nn1-c1cccc(Cl)c1. The molecule has 0 radical (unpaired) electrons. The van der Waals surface area contributed by atoms with Gasteiger partial charge in [-0.15, -0.1) is 0 Å². The first-order chi connectivity index (χ1) is 10.6. The van der Waals surface area contributed by atoms with Crippen LogP contribution in [0, 0.1) is 6.92 Å². The van der Waals surface area contributed by atoms with Gasteiger partial charge in [0.1, 0.15) is 11.6 Å². The number of nitrogens with zero attached hydrogens (tertiary/aromatic N) is 4. The molecule has 2 heterocycles. The van der Waals surface area contributed by atoms with E-state index in [1.807, 2.05) is 31.2 Å². The van der Waals surface area contributed by atoms with Crippen molar-refractivity contribution in [3.05, 3.63) is 35.1 Å². The molecule has 0 amide bonds.